The Morgan fingerprint density at radius 3 is 2.67 bits per heavy atom. The van der Waals surface area contributed by atoms with Crippen LogP contribution in [0.15, 0.2) is 30.5 Å². The summed E-state index contributed by atoms with van der Waals surface area (Å²) in [6.07, 6.45) is -3.79. The Hall–Kier alpha value is -3.17. The highest BCUT2D eigenvalue weighted by molar-refractivity contribution is 7.81. The van der Waals surface area contributed by atoms with Gasteiger partial charge in [-0.1, -0.05) is 6.07 Å². The SMILES string of the molecule is CCOC(=O)c1cccc(CN2C(S)N(c3cnc(C#N)c(C(F)(F)F)c3)C(=O)C2(C)C)n1. The molecule has 1 aliphatic rings. The molecule has 1 aliphatic heterocycles. The maximum atomic E-state index is 13.4. The predicted octanol–water partition coefficient (Wildman–Crippen LogP) is 3.38. The number of amides is 1. The van der Waals surface area contributed by atoms with Gasteiger partial charge in [0.2, 0.25) is 5.91 Å². The first-order chi connectivity index (χ1) is 15.4. The molecule has 1 saturated heterocycles. The van der Waals surface area contributed by atoms with Crippen molar-refractivity contribution in [1.29, 1.82) is 5.26 Å². The van der Waals surface area contributed by atoms with Crippen LogP contribution in [-0.4, -0.2) is 44.4 Å². The Balaban J connectivity index is 1.96. The number of rotatable bonds is 5. The van der Waals surface area contributed by atoms with Crippen LogP contribution in [0, 0.1) is 11.3 Å². The lowest BCUT2D eigenvalue weighted by molar-refractivity contribution is -0.138. The van der Waals surface area contributed by atoms with Crippen LogP contribution in [-0.2, 0) is 22.3 Å². The number of carbonyl (C=O) groups excluding carboxylic acids is 2. The molecule has 2 aromatic rings. The summed E-state index contributed by atoms with van der Waals surface area (Å²) in [5.41, 5.74) is -3.76. The van der Waals surface area contributed by atoms with Crippen LogP contribution >= 0.6 is 12.6 Å². The third kappa shape index (κ3) is 4.65. The molecule has 0 spiro atoms. The number of halogens is 3. The molecular formula is C21H20F3N5O3S. The molecule has 1 unspecified atom stereocenters. The first kappa shape index (κ1) is 24.5. The van der Waals surface area contributed by atoms with E-state index in [1.807, 2.05) is 0 Å². The third-order valence-corrected chi connectivity index (χ3v) is 5.67. The number of ether oxygens (including phenoxy) is 1. The fourth-order valence-corrected chi connectivity index (χ4v) is 4.04. The molecule has 2 aromatic heterocycles. The van der Waals surface area contributed by atoms with Gasteiger partial charge in [-0.2, -0.15) is 18.4 Å². The number of nitriles is 1. The first-order valence-corrected chi connectivity index (χ1v) is 10.3. The number of pyridine rings is 2. The van der Waals surface area contributed by atoms with Crippen molar-refractivity contribution in [3.63, 3.8) is 0 Å². The molecule has 0 radical (unpaired) electrons. The van der Waals surface area contributed by atoms with Gasteiger partial charge in [-0.05, 0) is 39.0 Å². The summed E-state index contributed by atoms with van der Waals surface area (Å²) in [4.78, 5) is 35.7. The van der Waals surface area contributed by atoms with Crippen LogP contribution in [0.4, 0.5) is 18.9 Å². The van der Waals surface area contributed by atoms with Crippen LogP contribution < -0.4 is 4.90 Å². The Labute approximate surface area is 193 Å². The zero-order valence-electron chi connectivity index (χ0n) is 17.9. The van der Waals surface area contributed by atoms with Gasteiger partial charge in [0.15, 0.2) is 5.69 Å². The van der Waals surface area contributed by atoms with Crippen molar-refractivity contribution < 1.29 is 27.5 Å². The smallest absolute Gasteiger partial charge is 0.419 e. The van der Waals surface area contributed by atoms with E-state index in [9.17, 15) is 22.8 Å². The second-order valence-electron chi connectivity index (χ2n) is 7.64. The molecule has 1 fully saturated rings. The van der Waals surface area contributed by atoms with Crippen LogP contribution in [0.1, 0.15) is 48.2 Å². The maximum absolute atomic E-state index is 13.4. The maximum Gasteiger partial charge on any atom is 0.419 e. The summed E-state index contributed by atoms with van der Waals surface area (Å²) in [7, 11) is 0. The molecule has 33 heavy (non-hydrogen) atoms. The van der Waals surface area contributed by atoms with E-state index in [0.29, 0.717) is 11.8 Å². The molecule has 3 heterocycles. The number of aromatic nitrogens is 2. The largest absolute Gasteiger partial charge is 0.461 e. The second-order valence-corrected chi connectivity index (χ2v) is 8.10. The Kier molecular flexibility index (Phi) is 6.67. The molecule has 3 rings (SSSR count). The minimum Gasteiger partial charge on any atom is -0.461 e. The highest BCUT2D eigenvalue weighted by Gasteiger charge is 2.51. The minimum atomic E-state index is -4.82. The number of nitrogens with zero attached hydrogens (tertiary/aromatic N) is 5. The minimum absolute atomic E-state index is 0.0759. The van der Waals surface area contributed by atoms with Crippen LogP contribution in [0.2, 0.25) is 0 Å². The fraction of sp³-hybridized carbons (Fsp3) is 0.381. The number of carbonyl (C=O) groups is 2. The van der Waals surface area contributed by atoms with Crippen molar-refractivity contribution in [3.05, 3.63) is 53.1 Å². The quantitative estimate of drug-likeness (QED) is 0.518. The van der Waals surface area contributed by atoms with Crippen LogP contribution in [0.25, 0.3) is 0 Å². The molecule has 0 N–H and O–H groups in total. The predicted molar refractivity (Wildman–Crippen MR) is 114 cm³/mol. The molecule has 8 nitrogen and oxygen atoms in total. The summed E-state index contributed by atoms with van der Waals surface area (Å²) in [5.74, 6) is -1.10. The Morgan fingerprint density at radius 2 is 2.06 bits per heavy atom. The summed E-state index contributed by atoms with van der Waals surface area (Å²) in [6.45, 7) is 5.14. The molecule has 1 amide bonds. The molecule has 174 valence electrons. The average Bonchev–Trinajstić information content (AvgIpc) is 2.92. The van der Waals surface area contributed by atoms with Gasteiger partial charge in [0.05, 0.1) is 35.3 Å². The van der Waals surface area contributed by atoms with Crippen molar-refractivity contribution >= 4 is 30.2 Å². The lowest BCUT2D eigenvalue weighted by Crippen LogP contribution is -2.44. The number of hydrogen-bond acceptors (Lipinski definition) is 8. The van der Waals surface area contributed by atoms with Crippen molar-refractivity contribution in [3.8, 4) is 6.07 Å². The van der Waals surface area contributed by atoms with Crippen molar-refractivity contribution in [2.24, 2.45) is 0 Å². The standard InChI is InChI=1S/C21H20F3N5O3S/c1-4-32-17(30)15-7-5-6-12(27-15)11-28-19(33)29(18(31)20(28,2)3)13-8-14(21(22,23)24)16(9-25)26-10-13/h5-8,10,19,33H,4,11H2,1-3H3. The molecule has 1 atom stereocenters. The molecule has 0 bridgehead atoms. The molecular weight excluding hydrogens is 459 g/mol. The number of thiol groups is 1. The van der Waals surface area contributed by atoms with E-state index in [4.69, 9.17) is 10.00 Å². The summed E-state index contributed by atoms with van der Waals surface area (Å²) in [6, 6.07) is 6.89. The van der Waals surface area contributed by atoms with Gasteiger partial charge >= 0.3 is 12.1 Å². The molecule has 0 saturated carbocycles. The fourth-order valence-electron chi connectivity index (χ4n) is 3.43. The summed E-state index contributed by atoms with van der Waals surface area (Å²) in [5, 5.41) is 8.97. The van der Waals surface area contributed by atoms with Crippen molar-refractivity contribution in [1.82, 2.24) is 14.9 Å². The van der Waals surface area contributed by atoms with E-state index >= 15 is 0 Å². The lowest BCUT2D eigenvalue weighted by Gasteiger charge is -2.30. The molecule has 12 heteroatoms. The van der Waals surface area contributed by atoms with Gasteiger partial charge in [0.25, 0.3) is 0 Å². The zero-order chi connectivity index (χ0) is 24.6. The van der Waals surface area contributed by atoms with Crippen LogP contribution in [0.3, 0.4) is 0 Å². The molecule has 0 aliphatic carbocycles. The summed E-state index contributed by atoms with van der Waals surface area (Å²) >= 11 is 4.49. The lowest BCUT2D eigenvalue weighted by atomic mass is 10.0. The number of anilines is 1. The topological polar surface area (TPSA) is 99.4 Å². The van der Waals surface area contributed by atoms with Gasteiger partial charge in [0.1, 0.15) is 17.3 Å². The normalized spacial score (nSPS) is 18.3. The number of alkyl halides is 3. The monoisotopic (exact) mass is 479 g/mol. The van der Waals surface area contributed by atoms with Gasteiger partial charge in [-0.15, -0.1) is 12.6 Å². The van der Waals surface area contributed by atoms with E-state index in [2.05, 4.69) is 22.6 Å². The highest BCUT2D eigenvalue weighted by atomic mass is 32.1. The van der Waals surface area contributed by atoms with Gasteiger partial charge in [-0.3, -0.25) is 14.6 Å². The van der Waals surface area contributed by atoms with E-state index in [0.717, 1.165) is 11.1 Å². The molecule has 0 aromatic carbocycles. The van der Waals surface area contributed by atoms with E-state index in [-0.39, 0.29) is 24.5 Å². The zero-order valence-corrected chi connectivity index (χ0v) is 18.8. The Morgan fingerprint density at radius 1 is 1.36 bits per heavy atom. The highest BCUT2D eigenvalue weighted by Crippen LogP contribution is 2.40. The second kappa shape index (κ2) is 8.99. The van der Waals surface area contributed by atoms with Gasteiger partial charge in [-0.25, -0.2) is 14.8 Å². The third-order valence-electron chi connectivity index (χ3n) is 5.16. The van der Waals surface area contributed by atoms with E-state index in [1.54, 1.807) is 37.8 Å². The first-order valence-electron chi connectivity index (χ1n) is 9.80. The van der Waals surface area contributed by atoms with E-state index < -0.39 is 40.3 Å². The van der Waals surface area contributed by atoms with Crippen LogP contribution in [0.5, 0.6) is 0 Å². The average molecular weight is 479 g/mol. The van der Waals surface area contributed by atoms with E-state index in [1.165, 1.54) is 12.1 Å². The summed E-state index contributed by atoms with van der Waals surface area (Å²) < 4.78 is 45.2. The number of hydrogen-bond donors (Lipinski definition) is 1. The van der Waals surface area contributed by atoms with Gasteiger partial charge < -0.3 is 4.74 Å². The van der Waals surface area contributed by atoms with Crippen molar-refractivity contribution in [2.75, 3.05) is 11.5 Å². The number of esters is 1. The van der Waals surface area contributed by atoms with Gasteiger partial charge in [0, 0.05) is 6.54 Å². The Bertz CT molecular complexity index is 1130. The van der Waals surface area contributed by atoms with Crippen molar-refractivity contribution in [2.45, 2.75) is 44.5 Å².